The summed E-state index contributed by atoms with van der Waals surface area (Å²) in [6.07, 6.45) is 11.7. The van der Waals surface area contributed by atoms with Crippen LogP contribution in [0.1, 0.15) is 51.4 Å². The minimum absolute atomic E-state index is 0.787. The predicted molar refractivity (Wildman–Crippen MR) is 72.1 cm³/mol. The molecule has 2 nitrogen and oxygen atoms in total. The van der Waals surface area contributed by atoms with Crippen molar-refractivity contribution in [1.29, 1.82) is 0 Å². The summed E-state index contributed by atoms with van der Waals surface area (Å²) in [6, 6.07) is 0.787. The highest BCUT2D eigenvalue weighted by Gasteiger charge is 2.30. The molecule has 1 unspecified atom stereocenters. The summed E-state index contributed by atoms with van der Waals surface area (Å²) in [6.45, 7) is 5.38. The van der Waals surface area contributed by atoms with Crippen LogP contribution in [-0.4, -0.2) is 37.1 Å². The molecule has 3 rings (SSSR count). The van der Waals surface area contributed by atoms with E-state index < -0.39 is 0 Å². The van der Waals surface area contributed by atoms with Crippen LogP contribution in [0.5, 0.6) is 0 Å². The summed E-state index contributed by atoms with van der Waals surface area (Å²) >= 11 is 0. The Morgan fingerprint density at radius 2 is 1.47 bits per heavy atom. The van der Waals surface area contributed by atoms with Crippen LogP contribution < -0.4 is 5.32 Å². The smallest absolute Gasteiger partial charge is 0.0195 e. The average molecular weight is 236 g/mol. The van der Waals surface area contributed by atoms with E-state index in [0.717, 1.165) is 17.9 Å². The van der Waals surface area contributed by atoms with E-state index >= 15 is 0 Å². The zero-order chi connectivity index (χ0) is 11.5. The fourth-order valence-electron chi connectivity index (χ4n) is 3.12. The maximum atomic E-state index is 3.76. The lowest BCUT2D eigenvalue weighted by Gasteiger charge is -2.27. The van der Waals surface area contributed by atoms with Gasteiger partial charge < -0.3 is 10.2 Å². The highest BCUT2D eigenvalue weighted by molar-refractivity contribution is 4.85. The Labute approximate surface area is 106 Å². The average Bonchev–Trinajstić information content (AvgIpc) is 3.15. The first-order valence-corrected chi connectivity index (χ1v) is 7.86. The molecule has 2 saturated carbocycles. The van der Waals surface area contributed by atoms with Gasteiger partial charge in [-0.15, -0.1) is 0 Å². The normalized spacial score (nSPS) is 30.5. The molecule has 0 aromatic rings. The molecule has 2 aliphatic carbocycles. The van der Waals surface area contributed by atoms with Gasteiger partial charge >= 0.3 is 0 Å². The van der Waals surface area contributed by atoms with Gasteiger partial charge in [0.25, 0.3) is 0 Å². The van der Waals surface area contributed by atoms with Gasteiger partial charge in [-0.1, -0.05) is 12.8 Å². The monoisotopic (exact) mass is 236 g/mol. The number of nitrogens with zero attached hydrogens (tertiary/aromatic N) is 1. The quantitative estimate of drug-likeness (QED) is 0.763. The molecule has 1 saturated heterocycles. The van der Waals surface area contributed by atoms with Crippen LogP contribution >= 0.6 is 0 Å². The lowest BCUT2D eigenvalue weighted by molar-refractivity contribution is 0.222. The summed E-state index contributed by atoms with van der Waals surface area (Å²) in [5.74, 6) is 2.11. The van der Waals surface area contributed by atoms with Gasteiger partial charge in [0.1, 0.15) is 0 Å². The van der Waals surface area contributed by atoms with Crippen molar-refractivity contribution < 1.29 is 0 Å². The second-order valence-corrected chi connectivity index (χ2v) is 6.61. The molecule has 0 aromatic heterocycles. The third kappa shape index (κ3) is 4.26. The Hall–Kier alpha value is -0.0800. The molecule has 1 atom stereocenters. The van der Waals surface area contributed by atoms with Gasteiger partial charge in [0.05, 0.1) is 0 Å². The Bertz CT molecular complexity index is 211. The first kappa shape index (κ1) is 12.0. The molecule has 3 fully saturated rings. The maximum Gasteiger partial charge on any atom is 0.0195 e. The van der Waals surface area contributed by atoms with Crippen molar-refractivity contribution in [1.82, 2.24) is 10.2 Å². The Morgan fingerprint density at radius 3 is 2.12 bits per heavy atom. The van der Waals surface area contributed by atoms with Crippen molar-refractivity contribution in [3.8, 4) is 0 Å². The lowest BCUT2D eigenvalue weighted by Crippen LogP contribution is -2.42. The molecule has 17 heavy (non-hydrogen) atoms. The van der Waals surface area contributed by atoms with Crippen LogP contribution in [0.3, 0.4) is 0 Å². The summed E-state index contributed by atoms with van der Waals surface area (Å²) in [4.78, 5) is 2.79. The highest BCUT2D eigenvalue weighted by Crippen LogP contribution is 2.33. The summed E-state index contributed by atoms with van der Waals surface area (Å²) in [5, 5.41) is 3.76. The molecule has 0 bridgehead atoms. The first-order valence-electron chi connectivity index (χ1n) is 7.86. The molecule has 0 amide bonds. The van der Waals surface area contributed by atoms with Crippen LogP contribution in [0.25, 0.3) is 0 Å². The molecule has 0 radical (unpaired) electrons. The van der Waals surface area contributed by atoms with Crippen molar-refractivity contribution in [3.05, 3.63) is 0 Å². The molecular weight excluding hydrogens is 208 g/mol. The minimum atomic E-state index is 0.787. The van der Waals surface area contributed by atoms with E-state index in [1.165, 1.54) is 77.5 Å². The van der Waals surface area contributed by atoms with Gasteiger partial charge in [0.15, 0.2) is 0 Å². The molecule has 1 N–H and O–H groups in total. The number of nitrogens with one attached hydrogen (secondary N) is 1. The van der Waals surface area contributed by atoms with E-state index in [9.17, 15) is 0 Å². The van der Waals surface area contributed by atoms with Gasteiger partial charge in [0.2, 0.25) is 0 Å². The number of rotatable bonds is 6. The Morgan fingerprint density at radius 1 is 0.765 bits per heavy atom. The highest BCUT2D eigenvalue weighted by atomic mass is 15.2. The van der Waals surface area contributed by atoms with Crippen molar-refractivity contribution in [2.45, 2.75) is 57.4 Å². The molecule has 1 heterocycles. The van der Waals surface area contributed by atoms with Crippen LogP contribution in [0, 0.1) is 11.8 Å². The van der Waals surface area contributed by atoms with E-state index in [2.05, 4.69) is 10.2 Å². The summed E-state index contributed by atoms with van der Waals surface area (Å²) < 4.78 is 0. The second kappa shape index (κ2) is 5.71. The molecule has 98 valence electrons. The number of hydrogen-bond donors (Lipinski definition) is 1. The first-order chi connectivity index (χ1) is 8.40. The predicted octanol–water partition coefficient (Wildman–Crippen LogP) is 2.64. The summed E-state index contributed by atoms with van der Waals surface area (Å²) in [7, 11) is 0. The molecule has 3 aliphatic rings. The van der Waals surface area contributed by atoms with Crippen molar-refractivity contribution >= 4 is 0 Å². The lowest BCUT2D eigenvalue weighted by atomic mass is 10.1. The zero-order valence-corrected chi connectivity index (χ0v) is 11.2. The zero-order valence-electron chi connectivity index (χ0n) is 11.2. The minimum Gasteiger partial charge on any atom is -0.313 e. The molecular formula is C15H28N2. The largest absolute Gasteiger partial charge is 0.313 e. The maximum absolute atomic E-state index is 3.76. The van der Waals surface area contributed by atoms with Crippen LogP contribution in [0.15, 0.2) is 0 Å². The van der Waals surface area contributed by atoms with Gasteiger partial charge in [-0.2, -0.15) is 0 Å². The molecule has 2 heteroatoms. The Balaban J connectivity index is 1.46. The van der Waals surface area contributed by atoms with Gasteiger partial charge in [0, 0.05) is 25.7 Å². The molecule has 0 aromatic carbocycles. The fraction of sp³-hybridized carbons (Fsp3) is 1.00. The topological polar surface area (TPSA) is 15.3 Å². The van der Waals surface area contributed by atoms with Gasteiger partial charge in [-0.25, -0.2) is 0 Å². The van der Waals surface area contributed by atoms with E-state index in [1.54, 1.807) is 0 Å². The second-order valence-electron chi connectivity index (χ2n) is 6.61. The SMILES string of the molecule is C1CCNC(CN(CC2CC2)CC2CC2)CC1. The van der Waals surface area contributed by atoms with Crippen LogP contribution in [0.2, 0.25) is 0 Å². The molecule has 1 aliphatic heterocycles. The molecule has 0 spiro atoms. The van der Waals surface area contributed by atoms with Crippen LogP contribution in [0.4, 0.5) is 0 Å². The Kier molecular flexibility index (Phi) is 4.02. The van der Waals surface area contributed by atoms with Crippen molar-refractivity contribution in [3.63, 3.8) is 0 Å². The van der Waals surface area contributed by atoms with Gasteiger partial charge in [-0.3, -0.25) is 0 Å². The van der Waals surface area contributed by atoms with Crippen molar-refractivity contribution in [2.75, 3.05) is 26.2 Å². The summed E-state index contributed by atoms with van der Waals surface area (Å²) in [5.41, 5.74) is 0. The fourth-order valence-corrected chi connectivity index (χ4v) is 3.12. The third-order valence-corrected chi connectivity index (χ3v) is 4.57. The van der Waals surface area contributed by atoms with E-state index in [1.807, 2.05) is 0 Å². The van der Waals surface area contributed by atoms with Crippen molar-refractivity contribution in [2.24, 2.45) is 11.8 Å². The number of hydrogen-bond acceptors (Lipinski definition) is 2. The van der Waals surface area contributed by atoms with E-state index in [-0.39, 0.29) is 0 Å². The standard InChI is InChI=1S/C15H28N2/c1-2-4-15(16-9-3-1)12-17(10-13-5-6-13)11-14-7-8-14/h13-16H,1-12H2. The third-order valence-electron chi connectivity index (χ3n) is 4.57. The van der Waals surface area contributed by atoms with Gasteiger partial charge in [-0.05, 0) is 56.9 Å². The van der Waals surface area contributed by atoms with E-state index in [0.29, 0.717) is 0 Å². The van der Waals surface area contributed by atoms with E-state index in [4.69, 9.17) is 0 Å². The van der Waals surface area contributed by atoms with Crippen LogP contribution in [-0.2, 0) is 0 Å².